The van der Waals surface area contributed by atoms with Crippen molar-refractivity contribution in [2.45, 2.75) is 6.42 Å². The van der Waals surface area contributed by atoms with E-state index in [0.29, 0.717) is 23.6 Å². The van der Waals surface area contributed by atoms with Crippen molar-refractivity contribution in [2.75, 3.05) is 37.1 Å². The molecule has 150 valence electrons. The minimum atomic E-state index is -0.593. The number of rotatable bonds is 3. The molecule has 29 heavy (non-hydrogen) atoms. The number of anilines is 2. The van der Waals surface area contributed by atoms with E-state index in [-0.39, 0.29) is 43.8 Å². The second-order valence-electron chi connectivity index (χ2n) is 5.75. The fourth-order valence-electron chi connectivity index (χ4n) is 2.41. The third kappa shape index (κ3) is 5.57. The largest absolute Gasteiger partial charge is 0.491 e. The lowest BCUT2D eigenvalue weighted by Gasteiger charge is -2.14. The van der Waals surface area contributed by atoms with E-state index in [1.807, 2.05) is 18.2 Å². The van der Waals surface area contributed by atoms with Crippen LogP contribution in [0, 0.1) is 11.3 Å². The van der Waals surface area contributed by atoms with Crippen LogP contribution >= 0.6 is 0 Å². The van der Waals surface area contributed by atoms with Crippen molar-refractivity contribution in [2.24, 2.45) is 0 Å². The SMILES string of the molecule is N#Cc1ncc2nc1OCC/C=C/COc1ccc(OCCO)cc1NC(=O)N2. The molecule has 0 saturated carbocycles. The Hall–Kier alpha value is -3.84. The first-order valence-corrected chi connectivity index (χ1v) is 8.83. The Morgan fingerprint density at radius 3 is 3.00 bits per heavy atom. The maximum Gasteiger partial charge on any atom is 0.325 e. The molecular weight excluding hydrogens is 378 g/mol. The van der Waals surface area contributed by atoms with E-state index in [9.17, 15) is 4.79 Å². The maximum atomic E-state index is 12.4. The highest BCUT2D eigenvalue weighted by Crippen LogP contribution is 2.30. The third-order valence-electron chi connectivity index (χ3n) is 3.67. The first-order chi connectivity index (χ1) is 14.2. The van der Waals surface area contributed by atoms with E-state index in [1.54, 1.807) is 18.2 Å². The molecule has 1 aliphatic rings. The predicted octanol–water partition coefficient (Wildman–Crippen LogP) is 2.08. The molecule has 2 bridgehead atoms. The summed E-state index contributed by atoms with van der Waals surface area (Å²) in [5.74, 6) is 1.07. The highest BCUT2D eigenvalue weighted by Gasteiger charge is 2.14. The summed E-state index contributed by atoms with van der Waals surface area (Å²) in [4.78, 5) is 20.5. The van der Waals surface area contributed by atoms with Gasteiger partial charge in [-0.1, -0.05) is 12.2 Å². The fourth-order valence-corrected chi connectivity index (χ4v) is 2.41. The number of urea groups is 1. The van der Waals surface area contributed by atoms with Gasteiger partial charge in [0.25, 0.3) is 5.88 Å². The molecule has 2 aromatic rings. The van der Waals surface area contributed by atoms with Gasteiger partial charge in [0.15, 0.2) is 5.82 Å². The number of carbonyl (C=O) groups is 1. The van der Waals surface area contributed by atoms with Crippen LogP contribution in [0.5, 0.6) is 17.4 Å². The summed E-state index contributed by atoms with van der Waals surface area (Å²) in [6, 6.07) is 6.24. The molecule has 0 fully saturated rings. The van der Waals surface area contributed by atoms with E-state index in [4.69, 9.17) is 24.6 Å². The van der Waals surface area contributed by atoms with Crippen molar-refractivity contribution in [3.63, 3.8) is 0 Å². The van der Waals surface area contributed by atoms with E-state index in [2.05, 4.69) is 20.6 Å². The smallest absolute Gasteiger partial charge is 0.325 e. The average molecular weight is 397 g/mol. The van der Waals surface area contributed by atoms with Gasteiger partial charge in [0, 0.05) is 6.07 Å². The average Bonchev–Trinajstić information content (AvgIpc) is 2.72. The molecule has 1 aromatic carbocycles. The molecule has 0 atom stereocenters. The van der Waals surface area contributed by atoms with Crippen LogP contribution < -0.4 is 24.8 Å². The van der Waals surface area contributed by atoms with Crippen LogP contribution in [0.15, 0.2) is 36.5 Å². The molecular formula is C19H19N5O5. The Labute approximate surface area is 166 Å². The number of aliphatic hydroxyl groups is 1. The van der Waals surface area contributed by atoms with E-state index in [1.165, 1.54) is 6.20 Å². The van der Waals surface area contributed by atoms with Gasteiger partial charge in [-0.2, -0.15) is 10.2 Å². The topological polar surface area (TPSA) is 139 Å². The molecule has 0 aliphatic carbocycles. The van der Waals surface area contributed by atoms with E-state index < -0.39 is 6.03 Å². The van der Waals surface area contributed by atoms with Crippen LogP contribution in [-0.2, 0) is 0 Å². The molecule has 10 nitrogen and oxygen atoms in total. The number of aliphatic hydroxyl groups excluding tert-OH is 1. The van der Waals surface area contributed by atoms with Crippen molar-refractivity contribution in [3.8, 4) is 23.4 Å². The molecule has 1 aliphatic heterocycles. The predicted molar refractivity (Wildman–Crippen MR) is 103 cm³/mol. The number of amides is 2. The van der Waals surface area contributed by atoms with Crippen molar-refractivity contribution in [1.29, 1.82) is 5.26 Å². The summed E-state index contributed by atoms with van der Waals surface area (Å²) in [6.45, 7) is 0.564. The van der Waals surface area contributed by atoms with Crippen LogP contribution in [0.1, 0.15) is 12.1 Å². The Morgan fingerprint density at radius 2 is 2.17 bits per heavy atom. The molecule has 2 heterocycles. The number of carbonyl (C=O) groups excluding carboxylic acids is 1. The van der Waals surface area contributed by atoms with Crippen LogP contribution in [-0.4, -0.2) is 47.5 Å². The molecule has 1 aromatic heterocycles. The Kier molecular flexibility index (Phi) is 6.80. The third-order valence-corrected chi connectivity index (χ3v) is 3.67. The zero-order valence-electron chi connectivity index (χ0n) is 15.4. The summed E-state index contributed by atoms with van der Waals surface area (Å²) in [5, 5.41) is 23.3. The summed E-state index contributed by atoms with van der Waals surface area (Å²) < 4.78 is 16.6. The number of nitriles is 1. The summed E-state index contributed by atoms with van der Waals surface area (Å²) in [6.07, 6.45) is 5.53. The lowest BCUT2D eigenvalue weighted by molar-refractivity contribution is 0.201. The summed E-state index contributed by atoms with van der Waals surface area (Å²) in [5.41, 5.74) is 0.405. The number of hydrogen-bond donors (Lipinski definition) is 3. The lowest BCUT2D eigenvalue weighted by Crippen LogP contribution is -2.21. The summed E-state index contributed by atoms with van der Waals surface area (Å²) >= 11 is 0. The monoisotopic (exact) mass is 397 g/mol. The quantitative estimate of drug-likeness (QED) is 0.669. The van der Waals surface area contributed by atoms with Crippen LogP contribution in [0.3, 0.4) is 0 Å². The number of nitrogens with one attached hydrogen (secondary N) is 2. The van der Waals surface area contributed by atoms with Crippen molar-refractivity contribution in [3.05, 3.63) is 42.2 Å². The van der Waals surface area contributed by atoms with E-state index >= 15 is 0 Å². The molecule has 0 saturated heterocycles. The van der Waals surface area contributed by atoms with Gasteiger partial charge in [0.1, 0.15) is 30.8 Å². The van der Waals surface area contributed by atoms with Gasteiger partial charge < -0.3 is 24.6 Å². The zero-order valence-corrected chi connectivity index (χ0v) is 15.4. The van der Waals surface area contributed by atoms with Crippen molar-refractivity contribution >= 4 is 17.5 Å². The second-order valence-corrected chi connectivity index (χ2v) is 5.75. The Balaban J connectivity index is 1.87. The number of ether oxygens (including phenoxy) is 3. The fraction of sp³-hybridized carbons (Fsp3) is 0.263. The molecule has 0 radical (unpaired) electrons. The molecule has 10 heteroatoms. The van der Waals surface area contributed by atoms with Gasteiger partial charge in [-0.25, -0.2) is 9.78 Å². The van der Waals surface area contributed by atoms with Crippen LogP contribution in [0.25, 0.3) is 0 Å². The van der Waals surface area contributed by atoms with Gasteiger partial charge in [0.2, 0.25) is 5.69 Å². The van der Waals surface area contributed by atoms with Gasteiger partial charge >= 0.3 is 6.03 Å². The van der Waals surface area contributed by atoms with Gasteiger partial charge in [-0.15, -0.1) is 0 Å². The minimum Gasteiger partial charge on any atom is -0.491 e. The number of nitrogens with zero attached hydrogens (tertiary/aromatic N) is 3. The molecule has 3 N–H and O–H groups in total. The molecule has 2 amide bonds. The maximum absolute atomic E-state index is 12.4. The lowest BCUT2D eigenvalue weighted by atomic mass is 10.2. The molecule has 0 unspecified atom stereocenters. The van der Waals surface area contributed by atoms with Gasteiger partial charge in [-0.05, 0) is 18.6 Å². The first kappa shape index (κ1) is 19.9. The number of aromatic nitrogens is 2. The van der Waals surface area contributed by atoms with Gasteiger partial charge in [0.05, 0.1) is 25.1 Å². The Morgan fingerprint density at radius 1 is 1.28 bits per heavy atom. The molecule has 3 rings (SSSR count). The Bertz CT molecular complexity index is 941. The summed E-state index contributed by atoms with van der Waals surface area (Å²) in [7, 11) is 0. The normalized spacial score (nSPS) is 15.0. The standard InChI is InChI=1S/C19H19N5O5/c20-11-15-18-23-17(12-21-15)24-19(26)22-14-10-13(27-9-6-25)4-5-16(14)28-7-2-1-3-8-29-18/h1-2,4-5,10,12,25H,3,6-9H2,(H2,22,23,24,26)/b2-1+. The van der Waals surface area contributed by atoms with Crippen LogP contribution in [0.4, 0.5) is 16.3 Å². The highest BCUT2D eigenvalue weighted by atomic mass is 16.5. The number of hydrogen-bond acceptors (Lipinski definition) is 8. The first-order valence-electron chi connectivity index (χ1n) is 8.83. The van der Waals surface area contributed by atoms with Crippen LogP contribution in [0.2, 0.25) is 0 Å². The number of fused-ring (bicyclic) bond motifs is 3. The number of benzene rings is 1. The van der Waals surface area contributed by atoms with Crippen molar-refractivity contribution < 1.29 is 24.1 Å². The zero-order chi connectivity index (χ0) is 20.5. The van der Waals surface area contributed by atoms with E-state index in [0.717, 1.165) is 0 Å². The minimum absolute atomic E-state index is 0.0311. The highest BCUT2D eigenvalue weighted by molar-refractivity contribution is 6.00. The van der Waals surface area contributed by atoms with Crippen molar-refractivity contribution in [1.82, 2.24) is 9.97 Å². The molecule has 0 spiro atoms. The van der Waals surface area contributed by atoms with Gasteiger partial charge in [-0.3, -0.25) is 5.32 Å². The second kappa shape index (κ2) is 9.91.